The molecule has 0 aliphatic rings. The van der Waals surface area contributed by atoms with Crippen molar-refractivity contribution < 1.29 is 33.1 Å². The first-order chi connectivity index (χ1) is 5.99. The number of halogens is 4. The van der Waals surface area contributed by atoms with E-state index in [1.54, 1.807) is 6.07 Å². The van der Waals surface area contributed by atoms with E-state index < -0.39 is 13.6 Å². The Balaban J connectivity index is 0. The van der Waals surface area contributed by atoms with E-state index in [1.807, 2.05) is 0 Å². The van der Waals surface area contributed by atoms with E-state index >= 15 is 0 Å². The zero-order chi connectivity index (χ0) is 9.90. The summed E-state index contributed by atoms with van der Waals surface area (Å²) in [5, 5.41) is 0. The first-order valence-corrected chi connectivity index (χ1v) is 3.42. The molecule has 0 aliphatic heterocycles. The third kappa shape index (κ3) is 6.05. The Morgan fingerprint density at radius 3 is 1.87 bits per heavy atom. The number of hydrogen-bond donors (Lipinski definition) is 0. The van der Waals surface area contributed by atoms with Crippen LogP contribution in [0.15, 0.2) is 30.3 Å². The van der Waals surface area contributed by atoms with E-state index in [1.165, 1.54) is 24.3 Å². The molecule has 86 valence electrons. The van der Waals surface area contributed by atoms with Gasteiger partial charge < -0.3 is 15.6 Å². The molecule has 8 heteroatoms. The standard InChI is InChI=1S/C7H5BF4O.2H2O/c9-7(10,11)13-8(12)6-4-2-1-3-5-6;;/h1-5H;2*1H2. The first kappa shape index (κ1) is 16.3. The van der Waals surface area contributed by atoms with Gasteiger partial charge in [0.15, 0.2) is 0 Å². The van der Waals surface area contributed by atoms with E-state index in [0.29, 0.717) is 0 Å². The first-order valence-electron chi connectivity index (χ1n) is 3.42. The maximum Gasteiger partial charge on any atom is 0.540 e. The second-order valence-electron chi connectivity index (χ2n) is 2.29. The van der Waals surface area contributed by atoms with Crippen molar-refractivity contribution in [3.8, 4) is 0 Å². The third-order valence-electron chi connectivity index (χ3n) is 1.30. The molecule has 1 rings (SSSR count). The van der Waals surface area contributed by atoms with Gasteiger partial charge >= 0.3 is 13.6 Å². The van der Waals surface area contributed by atoms with Gasteiger partial charge in [0, 0.05) is 0 Å². The topological polar surface area (TPSA) is 72.2 Å². The molecule has 0 bridgehead atoms. The van der Waals surface area contributed by atoms with Crippen LogP contribution < -0.4 is 5.46 Å². The summed E-state index contributed by atoms with van der Waals surface area (Å²) >= 11 is 0. The fourth-order valence-corrected chi connectivity index (χ4v) is 0.790. The Kier molecular flexibility index (Phi) is 6.95. The summed E-state index contributed by atoms with van der Waals surface area (Å²) in [6.07, 6.45) is -4.95. The van der Waals surface area contributed by atoms with Crippen molar-refractivity contribution >= 4 is 12.7 Å². The summed E-state index contributed by atoms with van der Waals surface area (Å²) in [5.41, 5.74) is -0.153. The van der Waals surface area contributed by atoms with E-state index in [-0.39, 0.29) is 16.4 Å². The van der Waals surface area contributed by atoms with Gasteiger partial charge in [-0.15, -0.1) is 13.2 Å². The second-order valence-corrected chi connectivity index (χ2v) is 2.29. The second kappa shape index (κ2) is 6.38. The van der Waals surface area contributed by atoms with Gasteiger partial charge in [0.25, 0.3) is 0 Å². The highest BCUT2D eigenvalue weighted by Gasteiger charge is 2.37. The molecule has 0 fully saturated rings. The Morgan fingerprint density at radius 1 is 1.00 bits per heavy atom. The molecule has 0 spiro atoms. The van der Waals surface area contributed by atoms with Crippen LogP contribution in [-0.2, 0) is 4.65 Å². The molecular weight excluding hydrogens is 219 g/mol. The van der Waals surface area contributed by atoms with Crippen molar-refractivity contribution in [1.82, 2.24) is 0 Å². The molecule has 0 aliphatic carbocycles. The largest absolute Gasteiger partial charge is 0.540 e. The summed E-state index contributed by atoms with van der Waals surface area (Å²) in [7, 11) is -2.46. The summed E-state index contributed by atoms with van der Waals surface area (Å²) in [6.45, 7) is 0. The number of hydrogen-bond acceptors (Lipinski definition) is 1. The fraction of sp³-hybridized carbons (Fsp3) is 0.143. The van der Waals surface area contributed by atoms with Crippen molar-refractivity contribution in [1.29, 1.82) is 0 Å². The van der Waals surface area contributed by atoms with E-state index in [9.17, 15) is 17.5 Å². The lowest BCUT2D eigenvalue weighted by molar-refractivity contribution is -0.280. The lowest BCUT2D eigenvalue weighted by Gasteiger charge is -2.08. The van der Waals surface area contributed by atoms with Crippen molar-refractivity contribution in [2.24, 2.45) is 0 Å². The van der Waals surface area contributed by atoms with E-state index in [0.717, 1.165) is 0 Å². The Morgan fingerprint density at radius 2 is 1.47 bits per heavy atom. The van der Waals surface area contributed by atoms with Crippen LogP contribution in [0.3, 0.4) is 0 Å². The van der Waals surface area contributed by atoms with Gasteiger partial charge in [0.2, 0.25) is 0 Å². The van der Waals surface area contributed by atoms with Crippen LogP contribution >= 0.6 is 0 Å². The molecule has 0 atom stereocenters. The summed E-state index contributed by atoms with van der Waals surface area (Å²) in [4.78, 5) is 0. The lowest BCUT2D eigenvalue weighted by Crippen LogP contribution is -2.34. The summed E-state index contributed by atoms with van der Waals surface area (Å²) in [5.74, 6) is 0. The van der Waals surface area contributed by atoms with Gasteiger partial charge in [-0.05, 0) is 5.46 Å². The predicted molar refractivity (Wildman–Crippen MR) is 47.3 cm³/mol. The fourth-order valence-electron chi connectivity index (χ4n) is 0.790. The molecule has 0 radical (unpaired) electrons. The van der Waals surface area contributed by atoms with Crippen molar-refractivity contribution in [3.05, 3.63) is 30.3 Å². The van der Waals surface area contributed by atoms with Crippen LogP contribution in [0, 0.1) is 0 Å². The van der Waals surface area contributed by atoms with Crippen LogP contribution in [0.4, 0.5) is 17.5 Å². The van der Waals surface area contributed by atoms with Gasteiger partial charge in [-0.1, -0.05) is 30.3 Å². The maximum absolute atomic E-state index is 12.7. The van der Waals surface area contributed by atoms with E-state index in [2.05, 4.69) is 4.65 Å². The average Bonchev–Trinajstić information content (AvgIpc) is 2.03. The predicted octanol–water partition coefficient (Wildman–Crippen LogP) is 0.238. The molecule has 0 saturated heterocycles. The lowest BCUT2D eigenvalue weighted by atomic mass is 9.83. The van der Waals surface area contributed by atoms with E-state index in [4.69, 9.17) is 0 Å². The monoisotopic (exact) mass is 228 g/mol. The van der Waals surface area contributed by atoms with Crippen LogP contribution in [0.25, 0.3) is 0 Å². The molecule has 0 aromatic heterocycles. The van der Waals surface area contributed by atoms with Gasteiger partial charge in [-0.25, -0.2) is 0 Å². The Bertz CT molecular complexity index is 267. The molecule has 0 unspecified atom stereocenters. The molecule has 1 aromatic rings. The summed E-state index contributed by atoms with van der Waals surface area (Å²) < 4.78 is 50.4. The molecule has 1 aromatic carbocycles. The third-order valence-corrected chi connectivity index (χ3v) is 1.30. The van der Waals surface area contributed by atoms with Gasteiger partial charge in [0.1, 0.15) is 0 Å². The minimum Gasteiger partial charge on any atom is -0.412 e. The van der Waals surface area contributed by atoms with Gasteiger partial charge in [0.05, 0.1) is 0 Å². The number of benzene rings is 1. The van der Waals surface area contributed by atoms with Crippen molar-refractivity contribution in [2.75, 3.05) is 0 Å². The van der Waals surface area contributed by atoms with Crippen LogP contribution in [-0.4, -0.2) is 24.5 Å². The average molecular weight is 228 g/mol. The Labute approximate surface area is 83.4 Å². The Hall–Kier alpha value is -1.12. The molecule has 0 saturated carbocycles. The minimum absolute atomic E-state index is 0. The minimum atomic E-state index is -4.95. The molecular formula is C7H9BF4O3. The van der Waals surface area contributed by atoms with Crippen LogP contribution in [0.5, 0.6) is 0 Å². The summed E-state index contributed by atoms with van der Waals surface area (Å²) in [6, 6.07) is 6.87. The van der Waals surface area contributed by atoms with Gasteiger partial charge in [-0.2, -0.15) is 0 Å². The van der Waals surface area contributed by atoms with Crippen molar-refractivity contribution in [2.45, 2.75) is 6.36 Å². The normalized spacial score (nSPS) is 9.87. The van der Waals surface area contributed by atoms with Gasteiger partial charge in [-0.3, -0.25) is 4.32 Å². The molecule has 3 nitrogen and oxygen atoms in total. The highest BCUT2D eigenvalue weighted by Crippen LogP contribution is 2.17. The molecule has 4 N–H and O–H groups in total. The maximum atomic E-state index is 12.7. The smallest absolute Gasteiger partial charge is 0.412 e. The molecule has 15 heavy (non-hydrogen) atoms. The molecule has 0 heterocycles. The van der Waals surface area contributed by atoms with Crippen LogP contribution in [0.1, 0.15) is 0 Å². The number of rotatable bonds is 2. The zero-order valence-corrected chi connectivity index (χ0v) is 7.38. The highest BCUT2D eigenvalue weighted by atomic mass is 19.4. The van der Waals surface area contributed by atoms with Crippen molar-refractivity contribution in [3.63, 3.8) is 0 Å². The quantitative estimate of drug-likeness (QED) is 0.527. The zero-order valence-electron chi connectivity index (χ0n) is 7.38. The van der Waals surface area contributed by atoms with Crippen LogP contribution in [0.2, 0.25) is 0 Å². The molecule has 0 amide bonds. The highest BCUT2D eigenvalue weighted by molar-refractivity contribution is 6.60. The number of alkyl halides is 3. The SMILES string of the molecule is FB(OC(F)(F)F)c1ccccc1.O.O.